The monoisotopic (exact) mass is 224 g/mol. The van der Waals surface area contributed by atoms with Crippen molar-refractivity contribution >= 4 is 6.09 Å². The van der Waals surface area contributed by atoms with Crippen LogP contribution in [-0.4, -0.2) is 41.2 Å². The van der Waals surface area contributed by atoms with Gasteiger partial charge in [0, 0.05) is 18.7 Å². The van der Waals surface area contributed by atoms with Crippen molar-refractivity contribution in [1.29, 1.82) is 0 Å². The van der Waals surface area contributed by atoms with Gasteiger partial charge in [0.05, 0.1) is 25.2 Å². The van der Waals surface area contributed by atoms with Crippen molar-refractivity contribution in [2.45, 2.75) is 18.9 Å². The molecule has 1 aliphatic rings. The normalized spacial score (nSPS) is 19.4. The zero-order valence-electron chi connectivity index (χ0n) is 9.27. The van der Waals surface area contributed by atoms with E-state index in [1.165, 1.54) is 7.11 Å². The number of aromatic nitrogens is 2. The van der Waals surface area contributed by atoms with Gasteiger partial charge < -0.3 is 15.5 Å². The van der Waals surface area contributed by atoms with Crippen LogP contribution < -0.4 is 5.73 Å². The number of fused-ring (bicyclic) bond motifs is 1. The van der Waals surface area contributed by atoms with Crippen molar-refractivity contribution in [3.8, 4) is 0 Å². The Kier molecular flexibility index (Phi) is 3.09. The predicted octanol–water partition coefficient (Wildman–Crippen LogP) is 0.424. The minimum absolute atomic E-state index is 0.0625. The summed E-state index contributed by atoms with van der Waals surface area (Å²) in [6.07, 6.45) is 2.83. The Balaban J connectivity index is 2.26. The topological polar surface area (TPSA) is 84.2 Å². The maximum atomic E-state index is 11.6. The van der Waals surface area contributed by atoms with Crippen LogP contribution >= 0.6 is 0 Å². The summed E-state index contributed by atoms with van der Waals surface area (Å²) in [6.45, 7) is 1.16. The Morgan fingerprint density at radius 2 is 2.62 bits per heavy atom. The summed E-state index contributed by atoms with van der Waals surface area (Å²) in [5, 5.41) is 0. The second-order valence-electron chi connectivity index (χ2n) is 3.77. The zero-order valence-corrected chi connectivity index (χ0v) is 9.27. The average Bonchev–Trinajstić information content (AvgIpc) is 2.77. The van der Waals surface area contributed by atoms with E-state index in [0.717, 1.165) is 17.8 Å². The third-order valence-corrected chi connectivity index (χ3v) is 2.90. The van der Waals surface area contributed by atoms with Crippen molar-refractivity contribution in [1.82, 2.24) is 14.9 Å². The molecule has 6 heteroatoms. The summed E-state index contributed by atoms with van der Waals surface area (Å²) in [5.41, 5.74) is 7.59. The van der Waals surface area contributed by atoms with E-state index in [0.29, 0.717) is 19.5 Å². The van der Waals surface area contributed by atoms with Crippen LogP contribution in [-0.2, 0) is 11.2 Å². The van der Waals surface area contributed by atoms with E-state index in [1.807, 2.05) is 0 Å². The van der Waals surface area contributed by atoms with Crippen molar-refractivity contribution in [2.75, 3.05) is 20.2 Å². The van der Waals surface area contributed by atoms with E-state index < -0.39 is 0 Å². The van der Waals surface area contributed by atoms with Crippen molar-refractivity contribution in [3.05, 3.63) is 17.7 Å². The van der Waals surface area contributed by atoms with Gasteiger partial charge in [-0.15, -0.1) is 0 Å². The van der Waals surface area contributed by atoms with E-state index >= 15 is 0 Å². The number of nitrogens with one attached hydrogen (secondary N) is 1. The number of aromatic amines is 1. The number of imidazole rings is 1. The number of ether oxygens (including phenoxy) is 1. The van der Waals surface area contributed by atoms with Gasteiger partial charge in [-0.3, -0.25) is 4.90 Å². The third-order valence-electron chi connectivity index (χ3n) is 2.90. The molecule has 88 valence electrons. The van der Waals surface area contributed by atoms with Gasteiger partial charge in [-0.1, -0.05) is 0 Å². The lowest BCUT2D eigenvalue weighted by Gasteiger charge is -2.33. The number of hydrogen-bond acceptors (Lipinski definition) is 4. The number of H-pyrrole nitrogens is 1. The molecule has 0 fully saturated rings. The van der Waals surface area contributed by atoms with Crippen LogP contribution in [0.4, 0.5) is 4.79 Å². The number of rotatable bonds is 2. The number of hydrogen-bond donors (Lipinski definition) is 2. The summed E-state index contributed by atoms with van der Waals surface area (Å²) in [5.74, 6) is 0. The first-order valence-corrected chi connectivity index (χ1v) is 5.34. The molecule has 1 aliphatic heterocycles. The van der Waals surface area contributed by atoms with Gasteiger partial charge in [0.2, 0.25) is 0 Å². The summed E-state index contributed by atoms with van der Waals surface area (Å²) >= 11 is 0. The summed E-state index contributed by atoms with van der Waals surface area (Å²) in [6, 6.07) is -0.0625. The van der Waals surface area contributed by atoms with E-state index in [9.17, 15) is 4.79 Å². The first-order chi connectivity index (χ1) is 7.77. The van der Waals surface area contributed by atoms with Gasteiger partial charge >= 0.3 is 6.09 Å². The van der Waals surface area contributed by atoms with Crippen molar-refractivity contribution in [3.63, 3.8) is 0 Å². The second-order valence-corrected chi connectivity index (χ2v) is 3.77. The fraction of sp³-hybridized carbons (Fsp3) is 0.600. The smallest absolute Gasteiger partial charge is 0.410 e. The van der Waals surface area contributed by atoms with Crippen LogP contribution in [0.3, 0.4) is 0 Å². The lowest BCUT2D eigenvalue weighted by Crippen LogP contribution is -2.40. The standard InChI is InChI=1S/C10H16N4O2/c1-16-10(15)14-5-3-7-9(13-6-12-7)8(14)2-4-11/h6,8H,2-5,11H2,1H3,(H,12,13). The first kappa shape index (κ1) is 10.9. The molecule has 1 unspecified atom stereocenters. The molecule has 1 amide bonds. The number of carbonyl (C=O) groups is 1. The maximum absolute atomic E-state index is 11.6. The van der Waals surface area contributed by atoms with E-state index in [-0.39, 0.29) is 12.1 Å². The molecule has 3 N–H and O–H groups in total. The van der Waals surface area contributed by atoms with Crippen LogP contribution in [0.1, 0.15) is 23.9 Å². The Bertz CT molecular complexity index is 377. The average molecular weight is 224 g/mol. The lowest BCUT2D eigenvalue weighted by atomic mass is 10.0. The van der Waals surface area contributed by atoms with Gasteiger partial charge in [-0.05, 0) is 13.0 Å². The van der Waals surface area contributed by atoms with E-state index in [2.05, 4.69) is 9.97 Å². The first-order valence-electron chi connectivity index (χ1n) is 5.34. The largest absolute Gasteiger partial charge is 0.453 e. The number of nitrogens with two attached hydrogens (primary N) is 1. The van der Waals surface area contributed by atoms with Crippen molar-refractivity contribution < 1.29 is 9.53 Å². The van der Waals surface area contributed by atoms with E-state index in [1.54, 1.807) is 11.2 Å². The number of amides is 1. The van der Waals surface area contributed by atoms with Crippen LogP contribution in [0.5, 0.6) is 0 Å². The Morgan fingerprint density at radius 1 is 1.81 bits per heavy atom. The third kappa shape index (κ3) is 1.76. The minimum Gasteiger partial charge on any atom is -0.453 e. The molecular formula is C10H16N4O2. The molecule has 0 bridgehead atoms. The minimum atomic E-state index is -0.313. The maximum Gasteiger partial charge on any atom is 0.410 e. The molecule has 0 spiro atoms. The van der Waals surface area contributed by atoms with Gasteiger partial charge in [0.15, 0.2) is 0 Å². The highest BCUT2D eigenvalue weighted by Crippen LogP contribution is 2.29. The second kappa shape index (κ2) is 4.52. The van der Waals surface area contributed by atoms with Crippen LogP contribution in [0.15, 0.2) is 6.33 Å². The van der Waals surface area contributed by atoms with E-state index in [4.69, 9.17) is 10.5 Å². The quantitative estimate of drug-likeness (QED) is 0.762. The van der Waals surface area contributed by atoms with Gasteiger partial charge in [0.1, 0.15) is 0 Å². The molecule has 0 aliphatic carbocycles. The van der Waals surface area contributed by atoms with Gasteiger partial charge in [-0.2, -0.15) is 0 Å². The molecule has 6 nitrogen and oxygen atoms in total. The Labute approximate surface area is 93.8 Å². The molecule has 16 heavy (non-hydrogen) atoms. The molecule has 0 aromatic carbocycles. The summed E-state index contributed by atoms with van der Waals surface area (Å²) in [7, 11) is 1.39. The van der Waals surface area contributed by atoms with Crippen LogP contribution in [0.2, 0.25) is 0 Å². The van der Waals surface area contributed by atoms with Gasteiger partial charge in [-0.25, -0.2) is 9.78 Å². The SMILES string of the molecule is COC(=O)N1CCc2[nH]cnc2C1CCN. The number of nitrogens with zero attached hydrogens (tertiary/aromatic N) is 2. The summed E-state index contributed by atoms with van der Waals surface area (Å²) < 4.78 is 4.77. The zero-order chi connectivity index (χ0) is 11.5. The number of methoxy groups -OCH3 is 1. The molecule has 1 aromatic rings. The molecule has 2 rings (SSSR count). The van der Waals surface area contributed by atoms with Crippen LogP contribution in [0, 0.1) is 0 Å². The highest BCUT2D eigenvalue weighted by molar-refractivity contribution is 5.68. The molecule has 2 heterocycles. The molecular weight excluding hydrogens is 208 g/mol. The molecule has 0 saturated carbocycles. The molecule has 1 aromatic heterocycles. The Hall–Kier alpha value is -1.56. The van der Waals surface area contributed by atoms with Crippen molar-refractivity contribution in [2.24, 2.45) is 5.73 Å². The molecule has 1 atom stereocenters. The number of carbonyl (C=O) groups excluding carboxylic acids is 1. The molecule has 0 radical (unpaired) electrons. The lowest BCUT2D eigenvalue weighted by molar-refractivity contribution is 0.0977. The fourth-order valence-corrected chi connectivity index (χ4v) is 2.14. The molecule has 0 saturated heterocycles. The fourth-order valence-electron chi connectivity index (χ4n) is 2.14. The summed E-state index contributed by atoms with van der Waals surface area (Å²) in [4.78, 5) is 20.7. The highest BCUT2D eigenvalue weighted by atomic mass is 16.5. The van der Waals surface area contributed by atoms with Crippen LogP contribution in [0.25, 0.3) is 0 Å². The van der Waals surface area contributed by atoms with Gasteiger partial charge in [0.25, 0.3) is 0 Å². The highest BCUT2D eigenvalue weighted by Gasteiger charge is 2.32. The predicted molar refractivity (Wildman–Crippen MR) is 57.8 cm³/mol. The Morgan fingerprint density at radius 3 is 3.31 bits per heavy atom.